The standard InChI is InChI=1S/C21H27N3S/c22-19(16-10-4-1-5-11-16)20(17-12-6-2-7-13-17)24-21(25)23-18-14-8-3-9-15-18/h1-2,4-7,10-13,18-20H,3,8-9,14-15,22H2,(H2,23,24,25)/t19-,20-/m0/s1. The molecule has 0 bridgehead atoms. The lowest BCUT2D eigenvalue weighted by molar-refractivity contribution is 0.408. The third kappa shape index (κ3) is 5.03. The quantitative estimate of drug-likeness (QED) is 0.704. The van der Waals surface area contributed by atoms with Crippen LogP contribution in [0.1, 0.15) is 55.3 Å². The van der Waals surface area contributed by atoms with Crippen LogP contribution in [0.25, 0.3) is 0 Å². The summed E-state index contributed by atoms with van der Waals surface area (Å²) in [5, 5.41) is 7.67. The zero-order valence-corrected chi connectivity index (χ0v) is 15.3. The van der Waals surface area contributed by atoms with Crippen molar-refractivity contribution in [1.82, 2.24) is 10.6 Å². The second-order valence-electron chi connectivity index (χ2n) is 6.78. The van der Waals surface area contributed by atoms with E-state index in [1.165, 1.54) is 32.1 Å². The number of rotatable bonds is 5. The van der Waals surface area contributed by atoms with Crippen molar-refractivity contribution in [3.05, 3.63) is 71.8 Å². The Bertz CT molecular complexity index is 653. The van der Waals surface area contributed by atoms with Crippen LogP contribution >= 0.6 is 12.2 Å². The molecule has 2 aromatic rings. The Balaban J connectivity index is 1.73. The van der Waals surface area contributed by atoms with Crippen LogP contribution in [-0.4, -0.2) is 11.2 Å². The molecule has 4 N–H and O–H groups in total. The van der Waals surface area contributed by atoms with E-state index in [0.29, 0.717) is 11.2 Å². The van der Waals surface area contributed by atoms with Gasteiger partial charge in [-0.05, 0) is 36.2 Å². The minimum atomic E-state index is -0.172. The highest BCUT2D eigenvalue weighted by molar-refractivity contribution is 7.80. The first-order chi connectivity index (χ1) is 12.2. The largest absolute Gasteiger partial charge is 0.360 e. The van der Waals surface area contributed by atoms with Crippen LogP contribution in [0.4, 0.5) is 0 Å². The van der Waals surface area contributed by atoms with Crippen LogP contribution in [0.3, 0.4) is 0 Å². The maximum Gasteiger partial charge on any atom is 0.167 e. The van der Waals surface area contributed by atoms with Crippen LogP contribution in [-0.2, 0) is 0 Å². The topological polar surface area (TPSA) is 50.1 Å². The van der Waals surface area contributed by atoms with Gasteiger partial charge < -0.3 is 16.4 Å². The van der Waals surface area contributed by atoms with Gasteiger partial charge in [0.25, 0.3) is 0 Å². The molecule has 0 amide bonds. The van der Waals surface area contributed by atoms with E-state index in [2.05, 4.69) is 34.9 Å². The van der Waals surface area contributed by atoms with Crippen LogP contribution in [0.2, 0.25) is 0 Å². The molecule has 0 saturated heterocycles. The fourth-order valence-corrected chi connectivity index (χ4v) is 3.82. The number of nitrogens with one attached hydrogen (secondary N) is 2. The van der Waals surface area contributed by atoms with E-state index < -0.39 is 0 Å². The Morgan fingerprint density at radius 3 is 2.04 bits per heavy atom. The third-order valence-electron chi connectivity index (χ3n) is 4.93. The summed E-state index contributed by atoms with van der Waals surface area (Å²) in [5.74, 6) is 0. The molecule has 2 aromatic carbocycles. The molecule has 132 valence electrons. The first-order valence-electron chi connectivity index (χ1n) is 9.16. The Morgan fingerprint density at radius 2 is 1.44 bits per heavy atom. The molecule has 2 atom stereocenters. The van der Waals surface area contributed by atoms with Crippen molar-refractivity contribution in [2.75, 3.05) is 0 Å². The molecule has 0 heterocycles. The van der Waals surface area contributed by atoms with Crippen LogP contribution in [0.5, 0.6) is 0 Å². The predicted molar refractivity (Wildman–Crippen MR) is 108 cm³/mol. The smallest absolute Gasteiger partial charge is 0.167 e. The molecular formula is C21H27N3S. The van der Waals surface area contributed by atoms with Gasteiger partial charge in [0.05, 0.1) is 12.1 Å². The molecule has 3 nitrogen and oxygen atoms in total. The number of thiocarbonyl (C=S) groups is 1. The monoisotopic (exact) mass is 353 g/mol. The number of benzene rings is 2. The van der Waals surface area contributed by atoms with Gasteiger partial charge in [-0.25, -0.2) is 0 Å². The second kappa shape index (κ2) is 8.97. The van der Waals surface area contributed by atoms with Crippen LogP contribution in [0.15, 0.2) is 60.7 Å². The summed E-state index contributed by atoms with van der Waals surface area (Å²) in [4.78, 5) is 0. The molecule has 0 aliphatic heterocycles. The molecule has 0 radical (unpaired) electrons. The van der Waals surface area contributed by atoms with Crippen molar-refractivity contribution in [2.45, 2.75) is 50.2 Å². The number of nitrogens with two attached hydrogens (primary N) is 1. The van der Waals surface area contributed by atoms with E-state index in [4.69, 9.17) is 18.0 Å². The van der Waals surface area contributed by atoms with Gasteiger partial charge in [-0.1, -0.05) is 79.9 Å². The van der Waals surface area contributed by atoms with Gasteiger partial charge in [0.15, 0.2) is 5.11 Å². The fourth-order valence-electron chi connectivity index (χ4n) is 3.52. The average Bonchev–Trinajstić information content (AvgIpc) is 2.68. The summed E-state index contributed by atoms with van der Waals surface area (Å²) < 4.78 is 0. The van der Waals surface area contributed by atoms with Gasteiger partial charge >= 0.3 is 0 Å². The molecule has 25 heavy (non-hydrogen) atoms. The van der Waals surface area contributed by atoms with Gasteiger partial charge in [0, 0.05) is 6.04 Å². The molecule has 1 saturated carbocycles. The van der Waals surface area contributed by atoms with E-state index in [1.54, 1.807) is 0 Å². The summed E-state index contributed by atoms with van der Waals surface area (Å²) in [7, 11) is 0. The molecule has 0 aromatic heterocycles. The van der Waals surface area contributed by atoms with Crippen molar-refractivity contribution in [3.8, 4) is 0 Å². The van der Waals surface area contributed by atoms with Crippen LogP contribution in [0, 0.1) is 0 Å². The molecule has 1 fully saturated rings. The van der Waals surface area contributed by atoms with E-state index in [9.17, 15) is 0 Å². The maximum absolute atomic E-state index is 6.60. The van der Waals surface area contributed by atoms with Gasteiger partial charge in [0.2, 0.25) is 0 Å². The Morgan fingerprint density at radius 1 is 0.880 bits per heavy atom. The second-order valence-corrected chi connectivity index (χ2v) is 7.19. The highest BCUT2D eigenvalue weighted by Gasteiger charge is 2.23. The molecule has 0 spiro atoms. The van der Waals surface area contributed by atoms with Crippen LogP contribution < -0.4 is 16.4 Å². The fraction of sp³-hybridized carbons (Fsp3) is 0.381. The predicted octanol–water partition coefficient (Wildman–Crippen LogP) is 4.22. The van der Waals surface area contributed by atoms with Gasteiger partial charge in [0.1, 0.15) is 0 Å². The van der Waals surface area contributed by atoms with Gasteiger partial charge in [-0.2, -0.15) is 0 Å². The average molecular weight is 354 g/mol. The highest BCUT2D eigenvalue weighted by Crippen LogP contribution is 2.27. The van der Waals surface area contributed by atoms with E-state index in [0.717, 1.165) is 11.1 Å². The number of hydrogen-bond donors (Lipinski definition) is 3. The molecule has 1 aliphatic carbocycles. The molecule has 3 rings (SSSR count). The molecule has 1 aliphatic rings. The summed E-state index contributed by atoms with van der Waals surface area (Å²) in [5.41, 5.74) is 8.85. The third-order valence-corrected chi connectivity index (χ3v) is 5.16. The lowest BCUT2D eigenvalue weighted by Gasteiger charge is -2.30. The Labute approximate surface area is 156 Å². The van der Waals surface area contributed by atoms with Gasteiger partial charge in [-0.3, -0.25) is 0 Å². The van der Waals surface area contributed by atoms with E-state index >= 15 is 0 Å². The molecular weight excluding hydrogens is 326 g/mol. The minimum Gasteiger partial charge on any atom is -0.360 e. The normalized spacial score (nSPS) is 17.5. The van der Waals surface area contributed by atoms with Crippen molar-refractivity contribution >= 4 is 17.3 Å². The van der Waals surface area contributed by atoms with E-state index in [1.807, 2.05) is 36.4 Å². The Hall–Kier alpha value is -1.91. The summed E-state index contributed by atoms with van der Waals surface area (Å²) >= 11 is 5.60. The minimum absolute atomic E-state index is 0.0628. The van der Waals surface area contributed by atoms with Crippen molar-refractivity contribution in [2.24, 2.45) is 5.73 Å². The SMILES string of the molecule is N[C@@H](c1ccccc1)[C@@H](NC(=S)NC1CCCCC1)c1ccccc1. The lowest BCUT2D eigenvalue weighted by atomic mass is 9.94. The van der Waals surface area contributed by atoms with Gasteiger partial charge in [-0.15, -0.1) is 0 Å². The first kappa shape index (κ1) is 17.9. The van der Waals surface area contributed by atoms with E-state index in [-0.39, 0.29) is 12.1 Å². The highest BCUT2D eigenvalue weighted by atomic mass is 32.1. The molecule has 0 unspecified atom stereocenters. The zero-order valence-electron chi connectivity index (χ0n) is 14.5. The first-order valence-corrected chi connectivity index (χ1v) is 9.57. The summed E-state index contributed by atoms with van der Waals surface area (Å²) in [6, 6.07) is 20.8. The molecule has 4 heteroatoms. The maximum atomic E-state index is 6.60. The van der Waals surface area contributed by atoms with Crippen molar-refractivity contribution < 1.29 is 0 Å². The summed E-state index contributed by atoms with van der Waals surface area (Å²) in [6.45, 7) is 0. The lowest BCUT2D eigenvalue weighted by Crippen LogP contribution is -2.46. The number of hydrogen-bond acceptors (Lipinski definition) is 2. The van der Waals surface area contributed by atoms with Crippen molar-refractivity contribution in [1.29, 1.82) is 0 Å². The summed E-state index contributed by atoms with van der Waals surface area (Å²) in [6.07, 6.45) is 6.30. The Kier molecular flexibility index (Phi) is 6.42. The zero-order chi connectivity index (χ0) is 17.5. The van der Waals surface area contributed by atoms with Crippen molar-refractivity contribution in [3.63, 3.8) is 0 Å².